The first kappa shape index (κ1) is 69.3. The standard InChI is InChI=1S/C61H94N12O13/c1-15-21-42-53(79)64-52(39(5)16-2)55(81)63-31-49(76)70(13)43-22-19-18-20-27-72(58(43)84)46(28-40-25-23-38(4)24-26-40)57(83)67(10)34-47(74)62-32-50(77)73-33-41(86-17-3)29-44(73)54(80)65-61(36-60(6,7)37-61)59(85)68(11)35-51(78)71(14)45(56(82)66(8)9)30-48(75)69(42)12/h18-19,23-26,39,41-46,52H,15-17,20-22,27-37H2,1-14H3,(H,62,74)(H,63,81)(H,64,79)(H,65,80)/t39-,41?,42?,43?,44?,45?,46?,52?/m0/s1. The van der Waals surface area contributed by atoms with Gasteiger partial charge >= 0.3 is 0 Å². The van der Waals surface area contributed by atoms with E-state index >= 15 is 0 Å². The van der Waals surface area contributed by atoms with Crippen molar-refractivity contribution in [1.82, 2.24) is 60.5 Å². The van der Waals surface area contributed by atoms with Gasteiger partial charge in [-0.25, -0.2) is 0 Å². The van der Waals surface area contributed by atoms with E-state index in [1.807, 2.05) is 58.0 Å². The Labute approximate surface area is 506 Å². The van der Waals surface area contributed by atoms with Crippen LogP contribution in [0, 0.1) is 18.3 Å². The van der Waals surface area contributed by atoms with E-state index in [1.165, 1.54) is 73.8 Å². The van der Waals surface area contributed by atoms with Crippen LogP contribution in [0.15, 0.2) is 36.4 Å². The van der Waals surface area contributed by atoms with Crippen molar-refractivity contribution in [2.45, 2.75) is 161 Å². The number of amides is 12. The van der Waals surface area contributed by atoms with Gasteiger partial charge in [0.15, 0.2) is 0 Å². The molecule has 0 aromatic heterocycles. The molecule has 2 saturated heterocycles. The summed E-state index contributed by atoms with van der Waals surface area (Å²) in [6.07, 6.45) is 4.31. The molecule has 1 saturated carbocycles. The molecule has 0 radical (unpaired) electrons. The number of hydrogen-bond donors (Lipinski definition) is 4. The lowest BCUT2D eigenvalue weighted by atomic mass is 9.58. The molecule has 25 nitrogen and oxygen atoms in total. The number of likely N-dealkylation sites (N-methyl/N-ethyl adjacent to an activating group) is 6. The second-order valence-corrected chi connectivity index (χ2v) is 24.7. The number of ether oxygens (including phenoxy) is 1. The molecular formula is C61H94N12O13. The summed E-state index contributed by atoms with van der Waals surface area (Å²) in [5.41, 5.74) is -0.271. The van der Waals surface area contributed by atoms with Crippen LogP contribution in [0.2, 0.25) is 0 Å². The summed E-state index contributed by atoms with van der Waals surface area (Å²) in [7, 11) is 9.86. The highest BCUT2D eigenvalue weighted by Gasteiger charge is 2.57. The highest BCUT2D eigenvalue weighted by atomic mass is 16.5. The Kier molecular flexibility index (Phi) is 24.4. The van der Waals surface area contributed by atoms with E-state index in [4.69, 9.17) is 4.74 Å². The van der Waals surface area contributed by atoms with Crippen LogP contribution >= 0.6 is 0 Å². The molecular weight excluding hydrogens is 1110 g/mol. The van der Waals surface area contributed by atoms with E-state index in [0.29, 0.717) is 24.8 Å². The molecule has 4 aliphatic rings. The van der Waals surface area contributed by atoms with Crippen LogP contribution in [0.3, 0.4) is 0 Å². The molecule has 5 rings (SSSR count). The van der Waals surface area contributed by atoms with Crippen molar-refractivity contribution in [3.05, 3.63) is 47.5 Å². The van der Waals surface area contributed by atoms with Crippen molar-refractivity contribution in [3.8, 4) is 0 Å². The summed E-state index contributed by atoms with van der Waals surface area (Å²) in [6, 6.07) is 0.224. The van der Waals surface area contributed by atoms with Gasteiger partial charge in [-0.1, -0.05) is 89.4 Å². The van der Waals surface area contributed by atoms with Crippen LogP contribution in [0.5, 0.6) is 0 Å². The van der Waals surface area contributed by atoms with Crippen LogP contribution in [0.4, 0.5) is 0 Å². The summed E-state index contributed by atoms with van der Waals surface area (Å²) >= 11 is 0. The molecule has 3 heterocycles. The maximum absolute atomic E-state index is 14.9. The molecule has 1 aromatic rings. The van der Waals surface area contributed by atoms with Crippen molar-refractivity contribution in [2.24, 2.45) is 11.3 Å². The minimum absolute atomic E-state index is 0.0152. The van der Waals surface area contributed by atoms with Gasteiger partial charge in [-0.05, 0) is 62.8 Å². The van der Waals surface area contributed by atoms with Crippen molar-refractivity contribution in [1.29, 1.82) is 0 Å². The fraction of sp³-hybridized carbons (Fsp3) is 0.672. The van der Waals surface area contributed by atoms with Crippen molar-refractivity contribution in [2.75, 3.05) is 95.2 Å². The van der Waals surface area contributed by atoms with Gasteiger partial charge < -0.3 is 65.2 Å². The summed E-state index contributed by atoms with van der Waals surface area (Å²) in [5, 5.41) is 11.0. The summed E-state index contributed by atoms with van der Waals surface area (Å²) in [6.45, 7) is 11.0. The van der Waals surface area contributed by atoms with Gasteiger partial charge in [0.25, 0.3) is 0 Å². The molecule has 3 fully saturated rings. The summed E-state index contributed by atoms with van der Waals surface area (Å²) < 4.78 is 5.90. The van der Waals surface area contributed by atoms with Crippen LogP contribution in [-0.2, 0) is 68.7 Å². The van der Waals surface area contributed by atoms with Gasteiger partial charge in [0.1, 0.15) is 41.8 Å². The van der Waals surface area contributed by atoms with E-state index < -0.39 is 163 Å². The Morgan fingerprint density at radius 2 is 1.37 bits per heavy atom. The highest BCUT2D eigenvalue weighted by molar-refractivity contribution is 6.00. The zero-order chi connectivity index (χ0) is 64.1. The number of nitrogens with zero attached hydrogens (tertiary/aromatic N) is 8. The molecule has 4 N–H and O–H groups in total. The predicted octanol–water partition coefficient (Wildman–Crippen LogP) is 0.219. The number of fused-ring (bicyclic) bond motifs is 3. The SMILES string of the molecule is CCCC1C(=O)NC([C@@H](C)CC)C(=O)NCC(=O)N(C)C2CC=CCCN(C2=O)C(Cc2ccc(C)cc2)C(=O)N(C)CC(=O)NCC(=O)N2CC(OCC)CC2C(=O)NC2(CC(C)(C)C2)C(=O)N(C)CC(=O)N(C)C(C(=O)N(C)C)CC(=O)N1C. The topological polar surface area (TPSA) is 288 Å². The van der Waals surface area contributed by atoms with Crippen LogP contribution in [0.25, 0.3) is 0 Å². The average molecular weight is 1200 g/mol. The largest absolute Gasteiger partial charge is 0.377 e. The van der Waals surface area contributed by atoms with E-state index in [9.17, 15) is 57.5 Å². The number of benzene rings is 1. The maximum atomic E-state index is 14.9. The quantitative estimate of drug-likeness (QED) is 0.241. The summed E-state index contributed by atoms with van der Waals surface area (Å²) in [5.74, 6) is -8.30. The zero-order valence-corrected chi connectivity index (χ0v) is 53.0. The third-order valence-electron chi connectivity index (χ3n) is 17.1. The lowest BCUT2D eigenvalue weighted by Crippen LogP contribution is -2.70. The van der Waals surface area contributed by atoms with Gasteiger partial charge in [0.05, 0.1) is 38.7 Å². The number of aryl methyl sites for hydroxylation is 1. The lowest BCUT2D eigenvalue weighted by molar-refractivity contribution is -0.156. The lowest BCUT2D eigenvalue weighted by Gasteiger charge is -2.53. The van der Waals surface area contributed by atoms with E-state index in [1.54, 1.807) is 26.8 Å². The Bertz CT molecular complexity index is 2710. The molecule has 1 aromatic carbocycles. The molecule has 1 aliphatic carbocycles. The molecule has 1 spiro atoms. The highest BCUT2D eigenvalue weighted by Crippen LogP contribution is 2.49. The summed E-state index contributed by atoms with van der Waals surface area (Å²) in [4.78, 5) is 182. The molecule has 7 unspecified atom stereocenters. The van der Waals surface area contributed by atoms with Gasteiger partial charge in [0.2, 0.25) is 70.9 Å². The zero-order valence-electron chi connectivity index (χ0n) is 53.0. The van der Waals surface area contributed by atoms with E-state index in [-0.39, 0.29) is 58.2 Å². The fourth-order valence-electron chi connectivity index (χ4n) is 12.0. The minimum Gasteiger partial charge on any atom is -0.377 e. The number of nitrogens with one attached hydrogen (secondary N) is 4. The van der Waals surface area contributed by atoms with Gasteiger partial charge in [-0.15, -0.1) is 0 Å². The smallest absolute Gasteiger partial charge is 0.248 e. The second kappa shape index (κ2) is 30.3. The number of hydrogen-bond acceptors (Lipinski definition) is 13. The molecule has 12 amide bonds. The van der Waals surface area contributed by atoms with Gasteiger partial charge in [-0.3, -0.25) is 57.5 Å². The second-order valence-electron chi connectivity index (χ2n) is 24.7. The monoisotopic (exact) mass is 1200 g/mol. The van der Waals surface area contributed by atoms with Crippen molar-refractivity contribution in [3.63, 3.8) is 0 Å². The van der Waals surface area contributed by atoms with E-state index in [2.05, 4.69) is 21.3 Å². The molecule has 476 valence electrons. The fourth-order valence-corrected chi connectivity index (χ4v) is 12.0. The van der Waals surface area contributed by atoms with Crippen LogP contribution < -0.4 is 21.3 Å². The van der Waals surface area contributed by atoms with Crippen molar-refractivity contribution < 1.29 is 62.3 Å². The van der Waals surface area contributed by atoms with Crippen molar-refractivity contribution >= 4 is 70.9 Å². The first-order valence-corrected chi connectivity index (χ1v) is 30.0. The molecule has 3 aliphatic heterocycles. The first-order chi connectivity index (χ1) is 40.4. The third-order valence-corrected chi connectivity index (χ3v) is 17.1. The van der Waals surface area contributed by atoms with Gasteiger partial charge in [-0.2, -0.15) is 0 Å². The average Bonchev–Trinajstić information content (AvgIpc) is 1.80. The van der Waals surface area contributed by atoms with Crippen LogP contribution in [-0.4, -0.2) is 253 Å². The molecule has 86 heavy (non-hydrogen) atoms. The Hall–Kier alpha value is -7.44. The predicted molar refractivity (Wildman–Crippen MR) is 319 cm³/mol. The number of rotatable bonds is 9. The molecule has 2 bridgehead atoms. The normalized spacial score (nSPS) is 26.5. The minimum atomic E-state index is -1.52. The number of carbonyl (C=O) groups is 12. The van der Waals surface area contributed by atoms with Crippen LogP contribution in [0.1, 0.15) is 110 Å². The Morgan fingerprint density at radius 3 is 1.98 bits per heavy atom. The number of carbonyl (C=O) groups excluding carboxylic acids is 12. The molecule has 25 heteroatoms. The maximum Gasteiger partial charge on any atom is 0.248 e. The Morgan fingerprint density at radius 1 is 0.721 bits per heavy atom. The third kappa shape index (κ3) is 17.2. The Balaban J connectivity index is 1.54. The first-order valence-electron chi connectivity index (χ1n) is 30.0. The van der Waals surface area contributed by atoms with E-state index in [0.717, 1.165) is 20.3 Å². The van der Waals surface area contributed by atoms with Gasteiger partial charge in [0, 0.05) is 81.9 Å². The molecule has 8 atom stereocenters.